The molecule has 2 aromatic carbocycles. The zero-order valence-corrected chi connectivity index (χ0v) is 15.9. The van der Waals surface area contributed by atoms with Crippen molar-refractivity contribution in [2.24, 2.45) is 5.92 Å². The number of carbonyl (C=O) groups excluding carboxylic acids is 1. The summed E-state index contributed by atoms with van der Waals surface area (Å²) in [7, 11) is 0. The van der Waals surface area contributed by atoms with Crippen LogP contribution in [0.3, 0.4) is 0 Å². The lowest BCUT2D eigenvalue weighted by Crippen LogP contribution is -2.40. The largest absolute Gasteiger partial charge is 0.454 e. The molecule has 2 aliphatic heterocycles. The summed E-state index contributed by atoms with van der Waals surface area (Å²) in [5.74, 6) is 1.71. The van der Waals surface area contributed by atoms with Gasteiger partial charge in [-0.05, 0) is 55.3 Å². The van der Waals surface area contributed by atoms with Crippen LogP contribution < -0.4 is 14.8 Å². The molecule has 2 heterocycles. The second-order valence-corrected chi connectivity index (χ2v) is 7.45. The molecule has 1 fully saturated rings. The molecule has 2 aliphatic rings. The molecule has 0 atom stereocenters. The zero-order valence-electron chi connectivity index (χ0n) is 15.1. The molecule has 0 aliphatic carbocycles. The Morgan fingerprint density at radius 2 is 1.89 bits per heavy atom. The molecule has 142 valence electrons. The SMILES string of the molecule is O=C(NCc1ccc2c(c1)OCO2)C1CCN(Cc2ccccc2Cl)CC1. The van der Waals surface area contributed by atoms with Crippen LogP contribution in [-0.2, 0) is 17.9 Å². The van der Waals surface area contributed by atoms with Crippen LogP contribution in [0.15, 0.2) is 42.5 Å². The highest BCUT2D eigenvalue weighted by Crippen LogP contribution is 2.32. The number of nitrogens with one attached hydrogen (secondary N) is 1. The first-order chi connectivity index (χ1) is 13.2. The molecular formula is C21H23ClN2O3. The molecule has 0 saturated carbocycles. The Morgan fingerprint density at radius 3 is 2.70 bits per heavy atom. The van der Waals surface area contributed by atoms with Crippen molar-refractivity contribution in [1.29, 1.82) is 0 Å². The molecule has 0 unspecified atom stereocenters. The van der Waals surface area contributed by atoms with Crippen molar-refractivity contribution >= 4 is 17.5 Å². The lowest BCUT2D eigenvalue weighted by Gasteiger charge is -2.31. The van der Waals surface area contributed by atoms with E-state index in [1.54, 1.807) is 0 Å². The van der Waals surface area contributed by atoms with Crippen LogP contribution in [0, 0.1) is 5.92 Å². The number of nitrogens with zero attached hydrogens (tertiary/aromatic N) is 1. The van der Waals surface area contributed by atoms with Crippen LogP contribution in [0.5, 0.6) is 11.5 Å². The monoisotopic (exact) mass is 386 g/mol. The first kappa shape index (κ1) is 18.1. The van der Waals surface area contributed by atoms with Gasteiger partial charge in [0, 0.05) is 24.0 Å². The Morgan fingerprint density at radius 1 is 1.11 bits per heavy atom. The molecule has 0 radical (unpaired) electrons. The molecule has 1 amide bonds. The third-order valence-corrected chi connectivity index (χ3v) is 5.58. The molecule has 0 bridgehead atoms. The number of halogens is 1. The minimum atomic E-state index is 0.0708. The lowest BCUT2D eigenvalue weighted by molar-refractivity contribution is -0.126. The summed E-state index contributed by atoms with van der Waals surface area (Å²) in [6.07, 6.45) is 1.74. The standard InChI is InChI=1S/C21H23ClN2O3/c22-18-4-2-1-3-17(18)13-24-9-7-16(8-10-24)21(25)23-12-15-5-6-19-20(11-15)27-14-26-19/h1-6,11,16H,7-10,12-14H2,(H,23,25). The summed E-state index contributed by atoms with van der Waals surface area (Å²) in [4.78, 5) is 14.9. The minimum absolute atomic E-state index is 0.0708. The van der Waals surface area contributed by atoms with Gasteiger partial charge in [-0.2, -0.15) is 0 Å². The number of fused-ring (bicyclic) bond motifs is 1. The number of amides is 1. The molecular weight excluding hydrogens is 364 g/mol. The summed E-state index contributed by atoms with van der Waals surface area (Å²) in [5.41, 5.74) is 2.16. The quantitative estimate of drug-likeness (QED) is 0.853. The summed E-state index contributed by atoms with van der Waals surface area (Å²) in [5, 5.41) is 3.87. The third kappa shape index (κ3) is 4.37. The fourth-order valence-corrected chi connectivity index (χ4v) is 3.80. The average molecular weight is 387 g/mol. The van der Waals surface area contributed by atoms with Gasteiger partial charge in [0.25, 0.3) is 0 Å². The third-order valence-electron chi connectivity index (χ3n) is 5.21. The van der Waals surface area contributed by atoms with E-state index in [1.807, 2.05) is 36.4 Å². The van der Waals surface area contributed by atoms with E-state index in [1.165, 1.54) is 0 Å². The maximum atomic E-state index is 12.5. The number of hydrogen-bond acceptors (Lipinski definition) is 4. The predicted octanol–water partition coefficient (Wildman–Crippen LogP) is 3.60. The van der Waals surface area contributed by atoms with Crippen molar-refractivity contribution in [2.75, 3.05) is 19.9 Å². The van der Waals surface area contributed by atoms with Crippen molar-refractivity contribution < 1.29 is 14.3 Å². The van der Waals surface area contributed by atoms with Crippen LogP contribution in [0.1, 0.15) is 24.0 Å². The van der Waals surface area contributed by atoms with Gasteiger partial charge in [0.15, 0.2) is 11.5 Å². The lowest BCUT2D eigenvalue weighted by atomic mass is 9.95. The molecule has 5 nitrogen and oxygen atoms in total. The van der Waals surface area contributed by atoms with E-state index in [0.717, 1.165) is 60.1 Å². The second kappa shape index (κ2) is 8.19. The van der Waals surface area contributed by atoms with E-state index in [0.29, 0.717) is 6.54 Å². The van der Waals surface area contributed by atoms with Gasteiger partial charge in [-0.25, -0.2) is 0 Å². The first-order valence-electron chi connectivity index (χ1n) is 9.31. The summed E-state index contributed by atoms with van der Waals surface area (Å²) < 4.78 is 10.7. The summed E-state index contributed by atoms with van der Waals surface area (Å²) in [6, 6.07) is 13.7. The van der Waals surface area contributed by atoms with Gasteiger partial charge < -0.3 is 14.8 Å². The maximum Gasteiger partial charge on any atom is 0.231 e. The highest BCUT2D eigenvalue weighted by Gasteiger charge is 2.25. The number of hydrogen-bond donors (Lipinski definition) is 1. The van der Waals surface area contributed by atoms with Gasteiger partial charge in [0.05, 0.1) is 0 Å². The Bertz CT molecular complexity index is 819. The number of piperidine rings is 1. The van der Waals surface area contributed by atoms with Crippen molar-refractivity contribution in [2.45, 2.75) is 25.9 Å². The Labute approximate surface area is 164 Å². The molecule has 1 N–H and O–H groups in total. The highest BCUT2D eigenvalue weighted by molar-refractivity contribution is 6.31. The molecule has 0 spiro atoms. The van der Waals surface area contributed by atoms with Crippen LogP contribution in [0.2, 0.25) is 5.02 Å². The van der Waals surface area contributed by atoms with Gasteiger partial charge in [-0.15, -0.1) is 0 Å². The van der Waals surface area contributed by atoms with Crippen LogP contribution >= 0.6 is 11.6 Å². The van der Waals surface area contributed by atoms with E-state index < -0.39 is 0 Å². The fraction of sp³-hybridized carbons (Fsp3) is 0.381. The van der Waals surface area contributed by atoms with Crippen LogP contribution in [0.4, 0.5) is 0 Å². The minimum Gasteiger partial charge on any atom is -0.454 e. The Hall–Kier alpha value is -2.24. The molecule has 27 heavy (non-hydrogen) atoms. The average Bonchev–Trinajstić information content (AvgIpc) is 3.16. The van der Waals surface area contributed by atoms with Crippen LogP contribution in [0.25, 0.3) is 0 Å². The van der Waals surface area contributed by atoms with E-state index in [2.05, 4.69) is 16.3 Å². The van der Waals surface area contributed by atoms with Crippen molar-refractivity contribution in [1.82, 2.24) is 10.2 Å². The van der Waals surface area contributed by atoms with Gasteiger partial charge >= 0.3 is 0 Å². The van der Waals surface area contributed by atoms with Crippen molar-refractivity contribution in [3.8, 4) is 11.5 Å². The molecule has 0 aromatic heterocycles. The number of likely N-dealkylation sites (tertiary alicyclic amines) is 1. The number of benzene rings is 2. The van der Waals surface area contributed by atoms with E-state index >= 15 is 0 Å². The van der Waals surface area contributed by atoms with E-state index in [4.69, 9.17) is 21.1 Å². The first-order valence-corrected chi connectivity index (χ1v) is 9.69. The van der Waals surface area contributed by atoms with Gasteiger partial charge in [0.1, 0.15) is 0 Å². The second-order valence-electron chi connectivity index (χ2n) is 7.05. The molecule has 4 rings (SSSR count). The summed E-state index contributed by atoms with van der Waals surface area (Å²) >= 11 is 6.25. The fourth-order valence-electron chi connectivity index (χ4n) is 3.61. The van der Waals surface area contributed by atoms with Gasteiger partial charge in [-0.3, -0.25) is 9.69 Å². The van der Waals surface area contributed by atoms with Crippen molar-refractivity contribution in [3.63, 3.8) is 0 Å². The molecule has 1 saturated heterocycles. The highest BCUT2D eigenvalue weighted by atomic mass is 35.5. The smallest absolute Gasteiger partial charge is 0.231 e. The van der Waals surface area contributed by atoms with E-state index in [9.17, 15) is 4.79 Å². The topological polar surface area (TPSA) is 50.8 Å². The Kier molecular flexibility index (Phi) is 5.50. The number of rotatable bonds is 5. The van der Waals surface area contributed by atoms with Crippen molar-refractivity contribution in [3.05, 3.63) is 58.6 Å². The predicted molar refractivity (Wildman–Crippen MR) is 104 cm³/mol. The van der Waals surface area contributed by atoms with Gasteiger partial charge in [-0.1, -0.05) is 35.9 Å². The number of ether oxygens (including phenoxy) is 2. The summed E-state index contributed by atoms with van der Waals surface area (Å²) in [6.45, 7) is 3.43. The molecule has 6 heteroatoms. The molecule has 2 aromatic rings. The van der Waals surface area contributed by atoms with Gasteiger partial charge in [0.2, 0.25) is 12.7 Å². The number of carbonyl (C=O) groups is 1. The maximum absolute atomic E-state index is 12.5. The zero-order chi connectivity index (χ0) is 18.6. The van der Waals surface area contributed by atoms with E-state index in [-0.39, 0.29) is 18.6 Å². The Balaban J connectivity index is 1.24. The normalized spacial score (nSPS) is 17.1. The van der Waals surface area contributed by atoms with Crippen LogP contribution in [-0.4, -0.2) is 30.7 Å².